The Kier molecular flexibility index (Phi) is 4.33. The number of rotatable bonds is 3. The van der Waals surface area contributed by atoms with Crippen LogP contribution in [0.15, 0.2) is 42.6 Å². The zero-order valence-corrected chi connectivity index (χ0v) is 17.4. The highest BCUT2D eigenvalue weighted by atomic mass is 19.1. The minimum absolute atomic E-state index is 0.198. The van der Waals surface area contributed by atoms with Gasteiger partial charge in [0.2, 0.25) is 6.79 Å². The molecule has 1 aliphatic carbocycles. The van der Waals surface area contributed by atoms with Crippen LogP contribution in [0.4, 0.5) is 4.39 Å². The van der Waals surface area contributed by atoms with Crippen molar-refractivity contribution in [2.24, 2.45) is 5.92 Å². The molecule has 1 saturated carbocycles. The van der Waals surface area contributed by atoms with Gasteiger partial charge < -0.3 is 14.5 Å². The second kappa shape index (κ2) is 7.22. The van der Waals surface area contributed by atoms with Crippen molar-refractivity contribution in [1.82, 2.24) is 15.0 Å². The zero-order chi connectivity index (χ0) is 20.9. The first-order chi connectivity index (χ1) is 15.2. The van der Waals surface area contributed by atoms with Gasteiger partial charge in [-0.05, 0) is 67.3 Å². The van der Waals surface area contributed by atoms with E-state index in [1.54, 1.807) is 12.1 Å². The fourth-order valence-corrected chi connectivity index (χ4v) is 5.28. The molecule has 158 valence electrons. The summed E-state index contributed by atoms with van der Waals surface area (Å²) in [5, 5.41) is 0.953. The molecule has 4 aromatic rings. The summed E-state index contributed by atoms with van der Waals surface area (Å²) in [6, 6.07) is 10.9. The van der Waals surface area contributed by atoms with Crippen LogP contribution >= 0.6 is 0 Å². The van der Waals surface area contributed by atoms with Gasteiger partial charge in [0, 0.05) is 29.6 Å². The Morgan fingerprint density at radius 2 is 1.81 bits per heavy atom. The van der Waals surface area contributed by atoms with Crippen molar-refractivity contribution in [3.8, 4) is 11.5 Å². The van der Waals surface area contributed by atoms with Gasteiger partial charge >= 0.3 is 0 Å². The Hall–Kier alpha value is -3.15. The number of hydrogen-bond donors (Lipinski definition) is 1. The smallest absolute Gasteiger partial charge is 0.231 e. The third kappa shape index (κ3) is 3.21. The van der Waals surface area contributed by atoms with E-state index in [0.29, 0.717) is 17.8 Å². The Morgan fingerprint density at radius 1 is 1.00 bits per heavy atom. The molecule has 1 aliphatic heterocycles. The molecule has 2 aromatic carbocycles. The normalized spacial score (nSPS) is 21.6. The molecule has 0 unspecified atom stereocenters. The summed E-state index contributed by atoms with van der Waals surface area (Å²) in [7, 11) is 0. The Labute approximate surface area is 179 Å². The maximum absolute atomic E-state index is 13.8. The molecule has 0 radical (unpaired) electrons. The van der Waals surface area contributed by atoms with E-state index < -0.39 is 0 Å². The van der Waals surface area contributed by atoms with Crippen molar-refractivity contribution in [2.75, 3.05) is 6.79 Å². The van der Waals surface area contributed by atoms with Crippen LogP contribution in [0.5, 0.6) is 11.5 Å². The van der Waals surface area contributed by atoms with Gasteiger partial charge in [-0.15, -0.1) is 0 Å². The first-order valence-corrected chi connectivity index (χ1v) is 11.0. The zero-order valence-electron chi connectivity index (χ0n) is 17.4. The first kappa shape index (κ1) is 18.6. The summed E-state index contributed by atoms with van der Waals surface area (Å²) in [5.41, 5.74) is 4.01. The molecule has 1 fully saturated rings. The predicted octanol–water partition coefficient (Wildman–Crippen LogP) is 6.06. The van der Waals surface area contributed by atoms with Crippen LogP contribution in [0.2, 0.25) is 0 Å². The Balaban J connectivity index is 1.20. The molecule has 31 heavy (non-hydrogen) atoms. The van der Waals surface area contributed by atoms with E-state index in [2.05, 4.69) is 23.0 Å². The quantitative estimate of drug-likeness (QED) is 0.440. The Morgan fingerprint density at radius 3 is 2.65 bits per heavy atom. The van der Waals surface area contributed by atoms with Crippen LogP contribution < -0.4 is 9.47 Å². The largest absolute Gasteiger partial charge is 0.454 e. The summed E-state index contributed by atoms with van der Waals surface area (Å²) in [6.07, 6.45) is 6.31. The second-order valence-electron chi connectivity index (χ2n) is 8.81. The third-order valence-electron chi connectivity index (χ3n) is 7.08. The molecule has 0 bridgehead atoms. The highest BCUT2D eigenvalue weighted by Crippen LogP contribution is 2.43. The lowest BCUT2D eigenvalue weighted by Crippen LogP contribution is -2.19. The van der Waals surface area contributed by atoms with E-state index in [-0.39, 0.29) is 12.6 Å². The number of imidazole rings is 1. The fraction of sp³-hybridized carbons (Fsp3) is 0.360. The van der Waals surface area contributed by atoms with Gasteiger partial charge in [-0.25, -0.2) is 9.37 Å². The second-order valence-corrected chi connectivity index (χ2v) is 8.81. The van der Waals surface area contributed by atoms with Crippen molar-refractivity contribution in [3.05, 3.63) is 59.8 Å². The lowest BCUT2D eigenvalue weighted by atomic mass is 9.73. The average Bonchev–Trinajstić information content (AvgIpc) is 3.42. The number of hydrogen-bond acceptors (Lipinski definition) is 4. The number of pyridine rings is 1. The number of halogens is 1. The molecule has 2 aromatic heterocycles. The van der Waals surface area contributed by atoms with Crippen molar-refractivity contribution in [2.45, 2.75) is 44.4 Å². The van der Waals surface area contributed by atoms with E-state index >= 15 is 0 Å². The summed E-state index contributed by atoms with van der Waals surface area (Å²) >= 11 is 0. The van der Waals surface area contributed by atoms with Crippen LogP contribution in [0, 0.1) is 11.7 Å². The molecule has 0 spiro atoms. The van der Waals surface area contributed by atoms with Gasteiger partial charge in [-0.2, -0.15) is 0 Å². The standard InChI is InChI=1S/C25H24FN3O2/c1-14(25-28-21-11-23-24(31-13-30-23)12-22(21)29-25)15-2-4-16(5-3-15)18-8-9-27-20-7-6-17(26)10-19(18)20/h6-12,14-16H,2-5,13H2,1H3,(H,28,29)/t14-,15-,16+/m1/s1. The molecule has 0 saturated heterocycles. The van der Waals surface area contributed by atoms with E-state index in [9.17, 15) is 4.39 Å². The van der Waals surface area contributed by atoms with Gasteiger partial charge in [-0.1, -0.05) is 6.92 Å². The van der Waals surface area contributed by atoms with E-state index in [4.69, 9.17) is 14.5 Å². The third-order valence-corrected chi connectivity index (χ3v) is 7.08. The van der Waals surface area contributed by atoms with Gasteiger partial charge in [0.25, 0.3) is 0 Å². The van der Waals surface area contributed by atoms with Gasteiger partial charge in [0.05, 0.1) is 16.6 Å². The highest BCUT2D eigenvalue weighted by molar-refractivity contribution is 5.82. The van der Waals surface area contributed by atoms with Crippen LogP contribution in [-0.4, -0.2) is 21.7 Å². The summed E-state index contributed by atoms with van der Waals surface area (Å²) in [6.45, 7) is 2.54. The molecule has 6 heteroatoms. The van der Waals surface area contributed by atoms with E-state index in [0.717, 1.165) is 64.9 Å². The van der Waals surface area contributed by atoms with Crippen LogP contribution in [0.1, 0.15) is 55.8 Å². The lowest BCUT2D eigenvalue weighted by Gasteiger charge is -2.32. The molecule has 5 nitrogen and oxygen atoms in total. The molecule has 3 heterocycles. The number of benzene rings is 2. The first-order valence-electron chi connectivity index (χ1n) is 11.0. The number of aromatic nitrogens is 3. The van der Waals surface area contributed by atoms with Gasteiger partial charge in [-0.3, -0.25) is 4.98 Å². The van der Waals surface area contributed by atoms with Crippen molar-refractivity contribution < 1.29 is 13.9 Å². The fourth-order valence-electron chi connectivity index (χ4n) is 5.28. The highest BCUT2D eigenvalue weighted by Gasteiger charge is 2.29. The van der Waals surface area contributed by atoms with E-state index in [1.807, 2.05) is 18.3 Å². The molecular weight excluding hydrogens is 393 g/mol. The van der Waals surface area contributed by atoms with Crippen molar-refractivity contribution in [1.29, 1.82) is 0 Å². The maximum Gasteiger partial charge on any atom is 0.231 e. The van der Waals surface area contributed by atoms with Crippen LogP contribution in [-0.2, 0) is 0 Å². The minimum atomic E-state index is -0.198. The Bertz CT molecular complexity index is 1240. The number of aromatic amines is 1. The van der Waals surface area contributed by atoms with Crippen LogP contribution in [0.25, 0.3) is 21.9 Å². The number of nitrogens with one attached hydrogen (secondary N) is 1. The number of fused-ring (bicyclic) bond motifs is 3. The predicted molar refractivity (Wildman–Crippen MR) is 117 cm³/mol. The molecule has 1 N–H and O–H groups in total. The van der Waals surface area contributed by atoms with Gasteiger partial charge in [0.1, 0.15) is 11.6 Å². The molecular formula is C25H24FN3O2. The molecule has 1 atom stereocenters. The molecule has 0 amide bonds. The molecule has 6 rings (SSSR count). The minimum Gasteiger partial charge on any atom is -0.454 e. The monoisotopic (exact) mass is 417 g/mol. The molecule has 2 aliphatic rings. The van der Waals surface area contributed by atoms with Crippen LogP contribution in [0.3, 0.4) is 0 Å². The summed E-state index contributed by atoms with van der Waals surface area (Å²) in [5.74, 6) is 3.73. The maximum atomic E-state index is 13.8. The number of H-pyrrole nitrogens is 1. The number of nitrogens with zero attached hydrogens (tertiary/aromatic N) is 2. The van der Waals surface area contributed by atoms with E-state index in [1.165, 1.54) is 11.6 Å². The van der Waals surface area contributed by atoms with Crippen molar-refractivity contribution in [3.63, 3.8) is 0 Å². The lowest BCUT2D eigenvalue weighted by molar-refractivity contribution is 0.174. The topological polar surface area (TPSA) is 60.0 Å². The summed E-state index contributed by atoms with van der Waals surface area (Å²) in [4.78, 5) is 12.8. The summed E-state index contributed by atoms with van der Waals surface area (Å²) < 4.78 is 24.8. The average molecular weight is 417 g/mol. The van der Waals surface area contributed by atoms with Crippen molar-refractivity contribution >= 4 is 21.9 Å². The SMILES string of the molecule is C[C@@H](c1nc2cc3c(cc2[nH]1)OCO3)[C@H]1CC[C@@H](c2ccnc3ccc(F)cc32)CC1. The number of ether oxygens (including phenoxy) is 2. The van der Waals surface area contributed by atoms with Gasteiger partial charge in [0.15, 0.2) is 11.5 Å².